The number of carbonyl (C=O) groups excluding carboxylic acids is 4. The normalized spacial score (nSPS) is 44.4. The zero-order chi connectivity index (χ0) is 26.0. The van der Waals surface area contributed by atoms with Gasteiger partial charge in [0.1, 0.15) is 0 Å². The molecule has 2 unspecified atom stereocenters. The minimum absolute atomic E-state index is 0.0900. The van der Waals surface area contributed by atoms with Gasteiger partial charge in [0, 0.05) is 30.6 Å². The van der Waals surface area contributed by atoms with Crippen LogP contribution in [-0.4, -0.2) is 51.8 Å². The third kappa shape index (κ3) is 3.55. The topological polar surface area (TPSA) is 107 Å². The molecule has 0 aliphatic heterocycles. The summed E-state index contributed by atoms with van der Waals surface area (Å²) in [5.41, 5.74) is -1.92. The number of rotatable bonds is 5. The van der Waals surface area contributed by atoms with Crippen molar-refractivity contribution >= 4 is 35.1 Å². The fourth-order valence-electron chi connectivity index (χ4n) is 8.19. The summed E-state index contributed by atoms with van der Waals surface area (Å²) in [5, 5.41) is 11.8. The van der Waals surface area contributed by atoms with Crippen LogP contribution in [0.15, 0.2) is 11.6 Å². The number of aliphatic hydroxyl groups is 1. The van der Waals surface area contributed by atoms with Crippen molar-refractivity contribution in [3.63, 3.8) is 0 Å². The molecule has 0 saturated heterocycles. The smallest absolute Gasteiger partial charge is 0.306 e. The third-order valence-corrected chi connectivity index (χ3v) is 10.9. The first-order valence-electron chi connectivity index (χ1n) is 12.8. The predicted octanol–water partition coefficient (Wildman–Crippen LogP) is 3.92. The van der Waals surface area contributed by atoms with E-state index in [1.165, 1.54) is 6.92 Å². The summed E-state index contributed by atoms with van der Waals surface area (Å²) in [4.78, 5) is 48.9. The summed E-state index contributed by atoms with van der Waals surface area (Å²) in [6, 6.07) is 0. The molecule has 0 spiro atoms. The predicted molar refractivity (Wildman–Crippen MR) is 128 cm³/mol. The molecule has 8 atom stereocenters. The number of carbonyl (C=O) groups is 4. The number of ether oxygens (including phenoxy) is 2. The summed E-state index contributed by atoms with van der Waals surface area (Å²) < 4.78 is 11.0. The molecule has 4 aliphatic rings. The molecule has 0 amide bonds. The van der Waals surface area contributed by atoms with Gasteiger partial charge < -0.3 is 14.6 Å². The first kappa shape index (κ1) is 26.3. The Labute approximate surface area is 211 Å². The minimum atomic E-state index is -1.50. The van der Waals surface area contributed by atoms with E-state index in [0.717, 1.165) is 5.57 Å². The number of esters is 2. The highest BCUT2D eigenvalue weighted by molar-refractivity contribution is 6.26. The molecule has 0 bridgehead atoms. The van der Waals surface area contributed by atoms with Gasteiger partial charge in [-0.2, -0.15) is 0 Å². The maximum atomic E-state index is 13.6. The largest absolute Gasteiger partial charge is 0.458 e. The molecule has 1 N–H and O–H groups in total. The van der Waals surface area contributed by atoms with Gasteiger partial charge in [-0.3, -0.25) is 19.2 Å². The van der Waals surface area contributed by atoms with Crippen LogP contribution in [0.1, 0.15) is 79.6 Å². The highest BCUT2D eigenvalue weighted by Crippen LogP contribution is 2.72. The summed E-state index contributed by atoms with van der Waals surface area (Å²) in [5.74, 6) is -1.58. The average molecular weight is 509 g/mol. The Morgan fingerprint density at radius 1 is 1.20 bits per heavy atom. The molecule has 0 heterocycles. The number of halogens is 1. The minimum Gasteiger partial charge on any atom is -0.458 e. The van der Waals surface area contributed by atoms with Crippen LogP contribution < -0.4 is 0 Å². The van der Waals surface area contributed by atoms with Crippen molar-refractivity contribution in [1.82, 2.24) is 0 Å². The van der Waals surface area contributed by atoms with E-state index < -0.39 is 51.7 Å². The van der Waals surface area contributed by atoms with Gasteiger partial charge in [-0.15, -0.1) is 11.6 Å². The second-order valence-electron chi connectivity index (χ2n) is 11.6. The van der Waals surface area contributed by atoms with E-state index in [9.17, 15) is 24.3 Å². The standard InChI is InChI=1S/C27H37ClO7/c1-6-23(33)35-26(22(32)14-34-16(3)29)10-8-18-20-11-15(2)19-12-17(30)7-9-24(19,4)27(20,28)21(31)13-25(18,26)5/h12,15,18,20-21,31H,6-11,13-14H2,1-5H3/t15?,18-,20-,21?,24-,25-,26-,27-/m0/s1. The van der Waals surface area contributed by atoms with E-state index in [-0.39, 0.29) is 36.4 Å². The molecule has 0 radical (unpaired) electrons. The molecule has 3 fully saturated rings. The molecule has 4 rings (SSSR count). The number of aliphatic hydroxyl groups excluding tert-OH is 1. The van der Waals surface area contributed by atoms with Crippen molar-refractivity contribution in [3.8, 4) is 0 Å². The lowest BCUT2D eigenvalue weighted by Crippen LogP contribution is -2.70. The number of alkyl halides is 1. The molecule has 8 heteroatoms. The van der Waals surface area contributed by atoms with E-state index in [2.05, 4.69) is 13.8 Å². The molecule has 35 heavy (non-hydrogen) atoms. The number of allylic oxidation sites excluding steroid dienone is 1. The highest BCUT2D eigenvalue weighted by atomic mass is 35.5. The number of hydrogen-bond donors (Lipinski definition) is 1. The lowest BCUT2D eigenvalue weighted by atomic mass is 9.43. The molecule has 0 aromatic carbocycles. The zero-order valence-corrected chi connectivity index (χ0v) is 22.1. The number of fused-ring (bicyclic) bond motifs is 5. The number of Topliss-reactive ketones (excluding diaryl/α,β-unsaturated/α-hetero) is 1. The number of hydrogen-bond acceptors (Lipinski definition) is 7. The summed E-state index contributed by atoms with van der Waals surface area (Å²) >= 11 is 7.53. The van der Waals surface area contributed by atoms with Crippen molar-refractivity contribution in [2.45, 2.75) is 96.1 Å². The quantitative estimate of drug-likeness (QED) is 0.443. The highest BCUT2D eigenvalue weighted by Gasteiger charge is 2.75. The van der Waals surface area contributed by atoms with Gasteiger partial charge in [-0.25, -0.2) is 0 Å². The molecular formula is C27H37ClO7. The molecule has 3 saturated carbocycles. The molecule has 0 aromatic heterocycles. The van der Waals surface area contributed by atoms with Crippen LogP contribution in [0.4, 0.5) is 0 Å². The maximum absolute atomic E-state index is 13.6. The van der Waals surface area contributed by atoms with E-state index in [1.807, 2.05) is 6.92 Å². The first-order chi connectivity index (χ1) is 16.3. The van der Waals surface area contributed by atoms with Crippen LogP contribution in [-0.2, 0) is 28.7 Å². The third-order valence-electron chi connectivity index (χ3n) is 9.92. The molecule has 194 valence electrons. The monoisotopic (exact) mass is 508 g/mol. The Bertz CT molecular complexity index is 990. The molecule has 7 nitrogen and oxygen atoms in total. The summed E-state index contributed by atoms with van der Waals surface area (Å²) in [6.07, 6.45) is 3.56. The van der Waals surface area contributed by atoms with Crippen molar-refractivity contribution < 1.29 is 33.8 Å². The van der Waals surface area contributed by atoms with Gasteiger partial charge in [0.25, 0.3) is 0 Å². The van der Waals surface area contributed by atoms with Crippen LogP contribution in [0.3, 0.4) is 0 Å². The van der Waals surface area contributed by atoms with Crippen molar-refractivity contribution in [2.24, 2.45) is 28.6 Å². The van der Waals surface area contributed by atoms with Gasteiger partial charge >= 0.3 is 11.9 Å². The van der Waals surface area contributed by atoms with Gasteiger partial charge in [-0.05, 0) is 55.9 Å². The fourth-order valence-corrected chi connectivity index (χ4v) is 8.71. The van der Waals surface area contributed by atoms with Crippen molar-refractivity contribution in [1.29, 1.82) is 0 Å². The SMILES string of the molecule is CCC(=O)O[C@]1(C(=O)COC(C)=O)CC[C@H]2[C@@H]3CC(C)C4=CC(=O)CC[C@]4(C)[C@@]3(Cl)C(O)C[C@@]21C. The van der Waals surface area contributed by atoms with Crippen LogP contribution in [0.25, 0.3) is 0 Å². The summed E-state index contributed by atoms with van der Waals surface area (Å²) in [6.45, 7) is 8.50. The maximum Gasteiger partial charge on any atom is 0.306 e. The van der Waals surface area contributed by atoms with Crippen LogP contribution >= 0.6 is 11.6 Å². The molecular weight excluding hydrogens is 472 g/mol. The second kappa shape index (κ2) is 8.69. The van der Waals surface area contributed by atoms with Crippen molar-refractivity contribution in [3.05, 3.63) is 11.6 Å². The van der Waals surface area contributed by atoms with E-state index in [0.29, 0.717) is 32.1 Å². The van der Waals surface area contributed by atoms with E-state index in [1.54, 1.807) is 13.0 Å². The Kier molecular flexibility index (Phi) is 6.54. The molecule has 4 aliphatic carbocycles. The van der Waals surface area contributed by atoms with Crippen LogP contribution in [0.2, 0.25) is 0 Å². The van der Waals surface area contributed by atoms with Gasteiger partial charge in [0.15, 0.2) is 18.0 Å². The summed E-state index contributed by atoms with van der Waals surface area (Å²) in [7, 11) is 0. The average Bonchev–Trinajstić information content (AvgIpc) is 3.08. The lowest BCUT2D eigenvalue weighted by molar-refractivity contribution is -0.200. The Hall–Kier alpha value is -1.73. The first-order valence-corrected chi connectivity index (χ1v) is 13.1. The Morgan fingerprint density at radius 2 is 1.89 bits per heavy atom. The van der Waals surface area contributed by atoms with Crippen LogP contribution in [0, 0.1) is 28.6 Å². The molecule has 0 aromatic rings. The Morgan fingerprint density at radius 3 is 2.51 bits per heavy atom. The zero-order valence-electron chi connectivity index (χ0n) is 21.3. The second-order valence-corrected chi connectivity index (χ2v) is 12.2. The van der Waals surface area contributed by atoms with Gasteiger partial charge in [0.2, 0.25) is 5.78 Å². The Balaban J connectivity index is 1.80. The van der Waals surface area contributed by atoms with Gasteiger partial charge in [-0.1, -0.05) is 33.3 Å². The van der Waals surface area contributed by atoms with Crippen LogP contribution in [0.5, 0.6) is 0 Å². The van der Waals surface area contributed by atoms with E-state index in [4.69, 9.17) is 21.1 Å². The van der Waals surface area contributed by atoms with Crippen molar-refractivity contribution in [2.75, 3.05) is 6.61 Å². The van der Waals surface area contributed by atoms with Gasteiger partial charge in [0.05, 0.1) is 11.0 Å². The number of ketones is 2. The van der Waals surface area contributed by atoms with E-state index >= 15 is 0 Å². The lowest BCUT2D eigenvalue weighted by Gasteiger charge is -2.66. The fraction of sp³-hybridized carbons (Fsp3) is 0.778.